The third kappa shape index (κ3) is 7.39. The second-order valence-electron chi connectivity index (χ2n) is 7.60. The number of hydrogen-bond donors (Lipinski definition) is 2. The molecule has 30 heavy (non-hydrogen) atoms. The minimum absolute atomic E-state index is 0.0421. The summed E-state index contributed by atoms with van der Waals surface area (Å²) in [6, 6.07) is 3.40. The summed E-state index contributed by atoms with van der Waals surface area (Å²) in [6.07, 6.45) is 3.05. The molecule has 0 aromatic heterocycles. The highest BCUT2D eigenvalue weighted by Crippen LogP contribution is 2.42. The summed E-state index contributed by atoms with van der Waals surface area (Å²) < 4.78 is 11.7. The Morgan fingerprint density at radius 1 is 1.40 bits per heavy atom. The number of Topliss-reactive ketones (excluding diaryl/α,β-unsaturated/α-hetero) is 1. The van der Waals surface area contributed by atoms with Gasteiger partial charge in [-0.25, -0.2) is 0 Å². The Hall–Kier alpha value is -1.38. The second kappa shape index (κ2) is 11.9. The first-order valence-electron chi connectivity index (χ1n) is 10.4. The van der Waals surface area contributed by atoms with E-state index in [2.05, 4.69) is 0 Å². The first-order valence-corrected chi connectivity index (χ1v) is 12.4. The number of hydrogen-bond acceptors (Lipinski definition) is 7. The SMILES string of the molecule is CCCc1c(OCCCSC[C@H]2CO[C@](C)(CCC(=O)O)S2)ccc(C(C)=O)c1O. The van der Waals surface area contributed by atoms with Gasteiger partial charge in [-0.2, -0.15) is 11.8 Å². The molecule has 1 saturated heterocycles. The van der Waals surface area contributed by atoms with E-state index in [0.717, 1.165) is 24.3 Å². The first-order chi connectivity index (χ1) is 14.3. The Bertz CT molecular complexity index is 739. The lowest BCUT2D eigenvalue weighted by atomic mass is 10.0. The van der Waals surface area contributed by atoms with Gasteiger partial charge in [0.25, 0.3) is 0 Å². The highest BCUT2D eigenvalue weighted by molar-refractivity contribution is 8.04. The van der Waals surface area contributed by atoms with E-state index >= 15 is 0 Å². The monoisotopic (exact) mass is 456 g/mol. The summed E-state index contributed by atoms with van der Waals surface area (Å²) in [5.74, 6) is 1.66. The van der Waals surface area contributed by atoms with Crippen LogP contribution in [0.4, 0.5) is 0 Å². The number of phenolic OH excluding ortho intramolecular Hbond substituents is 1. The maximum absolute atomic E-state index is 11.6. The van der Waals surface area contributed by atoms with E-state index in [1.165, 1.54) is 6.92 Å². The van der Waals surface area contributed by atoms with Crippen molar-refractivity contribution >= 4 is 35.3 Å². The molecule has 8 heteroatoms. The number of aliphatic carboxylic acids is 1. The van der Waals surface area contributed by atoms with Gasteiger partial charge in [-0.3, -0.25) is 9.59 Å². The molecule has 0 radical (unpaired) electrons. The predicted octanol–water partition coefficient (Wildman–Crippen LogP) is 4.76. The number of ether oxygens (including phenoxy) is 2. The molecule has 1 aromatic rings. The molecule has 1 heterocycles. The molecule has 1 aromatic carbocycles. The highest BCUT2D eigenvalue weighted by Gasteiger charge is 2.36. The van der Waals surface area contributed by atoms with Crippen LogP contribution in [0.2, 0.25) is 0 Å². The van der Waals surface area contributed by atoms with Gasteiger partial charge in [-0.1, -0.05) is 13.3 Å². The minimum atomic E-state index is -0.787. The molecule has 0 spiro atoms. The van der Waals surface area contributed by atoms with Crippen LogP contribution in [0, 0.1) is 0 Å². The molecule has 1 fully saturated rings. The zero-order valence-corrected chi connectivity index (χ0v) is 19.6. The van der Waals surface area contributed by atoms with Crippen molar-refractivity contribution in [2.75, 3.05) is 24.7 Å². The lowest BCUT2D eigenvalue weighted by Gasteiger charge is -2.21. The molecule has 0 saturated carbocycles. The number of phenols is 1. The zero-order valence-electron chi connectivity index (χ0n) is 17.9. The highest BCUT2D eigenvalue weighted by atomic mass is 32.2. The van der Waals surface area contributed by atoms with Gasteiger partial charge < -0.3 is 19.7 Å². The van der Waals surface area contributed by atoms with Gasteiger partial charge in [-0.05, 0) is 51.0 Å². The van der Waals surface area contributed by atoms with E-state index in [1.54, 1.807) is 23.9 Å². The molecule has 0 amide bonds. The second-order valence-corrected chi connectivity index (χ2v) is 10.5. The van der Waals surface area contributed by atoms with E-state index in [0.29, 0.717) is 48.2 Å². The summed E-state index contributed by atoms with van der Waals surface area (Å²) in [4.78, 5) is 22.0. The van der Waals surface area contributed by atoms with Crippen molar-refractivity contribution in [2.24, 2.45) is 0 Å². The summed E-state index contributed by atoms with van der Waals surface area (Å²) in [5.41, 5.74) is 1.05. The van der Waals surface area contributed by atoms with E-state index in [1.807, 2.05) is 25.6 Å². The van der Waals surface area contributed by atoms with Crippen molar-refractivity contribution in [1.29, 1.82) is 0 Å². The number of thioether (sulfide) groups is 2. The van der Waals surface area contributed by atoms with Crippen LogP contribution < -0.4 is 4.74 Å². The average Bonchev–Trinajstić information content (AvgIpc) is 3.06. The van der Waals surface area contributed by atoms with Crippen molar-refractivity contribution in [2.45, 2.75) is 63.1 Å². The number of aromatic hydroxyl groups is 1. The van der Waals surface area contributed by atoms with Crippen LogP contribution in [-0.2, 0) is 16.0 Å². The molecule has 0 unspecified atom stereocenters. The van der Waals surface area contributed by atoms with Gasteiger partial charge in [0.1, 0.15) is 16.4 Å². The van der Waals surface area contributed by atoms with Crippen LogP contribution in [0.1, 0.15) is 62.4 Å². The first kappa shape index (κ1) is 24.9. The molecule has 0 aliphatic carbocycles. The molecule has 1 aliphatic rings. The molecule has 6 nitrogen and oxygen atoms in total. The quantitative estimate of drug-likeness (QED) is 0.324. The number of ketones is 1. The fourth-order valence-electron chi connectivity index (χ4n) is 3.32. The third-order valence-corrected chi connectivity index (χ3v) is 7.78. The minimum Gasteiger partial charge on any atom is -0.507 e. The fourth-order valence-corrected chi connectivity index (χ4v) is 5.93. The predicted molar refractivity (Wildman–Crippen MR) is 122 cm³/mol. The van der Waals surface area contributed by atoms with Crippen molar-refractivity contribution in [3.8, 4) is 11.5 Å². The maximum Gasteiger partial charge on any atom is 0.303 e. The molecule has 168 valence electrons. The van der Waals surface area contributed by atoms with Crippen LogP contribution in [0.5, 0.6) is 11.5 Å². The Kier molecular flexibility index (Phi) is 9.84. The number of carbonyl (C=O) groups is 2. The summed E-state index contributed by atoms with van der Waals surface area (Å²) in [5, 5.41) is 19.6. The molecule has 2 rings (SSSR count). The van der Waals surface area contributed by atoms with Crippen LogP contribution in [0.3, 0.4) is 0 Å². The number of rotatable bonds is 13. The van der Waals surface area contributed by atoms with Crippen molar-refractivity contribution in [3.05, 3.63) is 23.3 Å². The fraction of sp³-hybridized carbons (Fsp3) is 0.636. The van der Waals surface area contributed by atoms with E-state index in [-0.39, 0.29) is 18.0 Å². The van der Waals surface area contributed by atoms with E-state index < -0.39 is 10.9 Å². The smallest absolute Gasteiger partial charge is 0.303 e. The van der Waals surface area contributed by atoms with Crippen molar-refractivity contribution in [3.63, 3.8) is 0 Å². The Balaban J connectivity index is 1.72. The van der Waals surface area contributed by atoms with Gasteiger partial charge in [0.2, 0.25) is 0 Å². The zero-order chi connectivity index (χ0) is 22.1. The topological polar surface area (TPSA) is 93.1 Å². The lowest BCUT2D eigenvalue weighted by Crippen LogP contribution is -2.20. The molecule has 2 N–H and O–H groups in total. The Labute approximate surface area is 187 Å². The lowest BCUT2D eigenvalue weighted by molar-refractivity contribution is -0.137. The number of benzene rings is 1. The summed E-state index contributed by atoms with van der Waals surface area (Å²) in [6.45, 7) is 6.65. The van der Waals surface area contributed by atoms with Gasteiger partial charge in [0, 0.05) is 23.0 Å². The molecular formula is C22H32O6S2. The standard InChI is InChI=1S/C22H32O6S2/c1-4-6-18-19(8-7-17(15(2)23)21(18)26)27-11-5-12-29-14-16-13-28-22(3,30-16)10-9-20(24)25/h7-8,16,26H,4-6,9-14H2,1-3H3,(H,24,25)/t16-,22+/m1/s1. The largest absolute Gasteiger partial charge is 0.507 e. The van der Waals surface area contributed by atoms with Crippen LogP contribution >= 0.6 is 23.5 Å². The van der Waals surface area contributed by atoms with Crippen LogP contribution in [0.25, 0.3) is 0 Å². The van der Waals surface area contributed by atoms with Crippen LogP contribution in [0.15, 0.2) is 12.1 Å². The molecule has 2 atom stereocenters. The average molecular weight is 457 g/mol. The number of carbonyl (C=O) groups excluding carboxylic acids is 1. The molecular weight excluding hydrogens is 424 g/mol. The Morgan fingerprint density at radius 3 is 2.83 bits per heavy atom. The van der Waals surface area contributed by atoms with E-state index in [9.17, 15) is 14.7 Å². The Morgan fingerprint density at radius 2 is 2.17 bits per heavy atom. The number of carboxylic acid groups (broad SMARTS) is 1. The maximum atomic E-state index is 11.6. The van der Waals surface area contributed by atoms with Crippen molar-refractivity contribution in [1.82, 2.24) is 0 Å². The van der Waals surface area contributed by atoms with Gasteiger partial charge in [0.15, 0.2) is 5.78 Å². The normalized spacial score (nSPS) is 21.0. The molecule has 1 aliphatic heterocycles. The summed E-state index contributed by atoms with van der Waals surface area (Å²) in [7, 11) is 0. The van der Waals surface area contributed by atoms with Gasteiger partial charge >= 0.3 is 5.97 Å². The van der Waals surface area contributed by atoms with Crippen molar-refractivity contribution < 1.29 is 29.3 Å². The molecule has 0 bridgehead atoms. The summed E-state index contributed by atoms with van der Waals surface area (Å²) >= 11 is 3.58. The van der Waals surface area contributed by atoms with Gasteiger partial charge in [0.05, 0.1) is 18.8 Å². The van der Waals surface area contributed by atoms with Crippen LogP contribution in [-0.4, -0.2) is 56.9 Å². The van der Waals surface area contributed by atoms with Gasteiger partial charge in [-0.15, -0.1) is 11.8 Å². The third-order valence-electron chi connectivity index (χ3n) is 4.90. The van der Waals surface area contributed by atoms with E-state index in [4.69, 9.17) is 14.6 Å². The number of carboxylic acids is 1.